The molecule has 3 N–H and O–H groups in total. The third-order valence-electron chi connectivity index (χ3n) is 5.35. The van der Waals surface area contributed by atoms with E-state index in [4.69, 9.17) is 4.74 Å². The third kappa shape index (κ3) is 4.07. The molecule has 2 aliphatic rings. The van der Waals surface area contributed by atoms with E-state index in [1.54, 1.807) is 25.3 Å². The topological polar surface area (TPSA) is 71.1 Å². The van der Waals surface area contributed by atoms with E-state index in [0.717, 1.165) is 11.3 Å². The van der Waals surface area contributed by atoms with Crippen molar-refractivity contribution in [3.63, 3.8) is 0 Å². The number of halogens is 3. The van der Waals surface area contributed by atoms with E-state index in [0.29, 0.717) is 42.2 Å². The van der Waals surface area contributed by atoms with Gasteiger partial charge in [0.1, 0.15) is 11.6 Å². The van der Waals surface area contributed by atoms with Crippen LogP contribution in [-0.2, 0) is 6.42 Å². The van der Waals surface area contributed by atoms with Crippen LogP contribution in [0, 0.1) is 12.7 Å². The second-order valence-electron chi connectivity index (χ2n) is 7.41. The lowest BCUT2D eigenvalue weighted by atomic mass is 9.95. The summed E-state index contributed by atoms with van der Waals surface area (Å²) in [7, 11) is 1.75. The summed E-state index contributed by atoms with van der Waals surface area (Å²) in [6, 6.07) is 2.59. The van der Waals surface area contributed by atoms with Gasteiger partial charge in [-0.15, -0.1) is 0 Å². The Morgan fingerprint density at radius 2 is 2.07 bits per heavy atom. The van der Waals surface area contributed by atoms with E-state index in [-0.39, 0.29) is 24.6 Å². The van der Waals surface area contributed by atoms with Crippen LogP contribution in [0.2, 0.25) is 0 Å². The lowest BCUT2D eigenvalue weighted by Crippen LogP contribution is -2.34. The maximum absolute atomic E-state index is 15.6. The Morgan fingerprint density at radius 3 is 2.83 bits per heavy atom. The van der Waals surface area contributed by atoms with Crippen molar-refractivity contribution in [3.8, 4) is 5.75 Å². The van der Waals surface area contributed by atoms with Gasteiger partial charge in [-0.2, -0.15) is 4.98 Å². The molecular weight excluding hydrogens is 395 g/mol. The Bertz CT molecular complexity index is 980. The molecule has 1 atom stereocenters. The van der Waals surface area contributed by atoms with Crippen molar-refractivity contribution in [2.45, 2.75) is 38.7 Å². The zero-order valence-corrected chi connectivity index (χ0v) is 16.9. The predicted octanol–water partition coefficient (Wildman–Crippen LogP) is 4.04. The Labute approximate surface area is 173 Å². The molecule has 30 heavy (non-hydrogen) atoms. The second-order valence-corrected chi connectivity index (χ2v) is 7.41. The molecule has 9 heteroatoms. The number of anilines is 3. The number of benzene rings is 1. The molecule has 0 unspecified atom stereocenters. The number of rotatable bonds is 5. The standard InChI is InChI=1S/C21H24F3N5O/c1-11-9-16(25-2)29-21(27-11)28-15-10-13-6-8-30-19(13)17(18(15)22)12-3-4-14(20(23)24)26-7-5-12/h5,9-10,14,20,26H,3-4,6-8H2,1-2H3,(H2,25,27,28,29)/t14-/m1/s1. The van der Waals surface area contributed by atoms with Crippen LogP contribution in [-0.4, -0.2) is 42.6 Å². The molecule has 160 valence electrons. The first-order chi connectivity index (χ1) is 14.5. The summed E-state index contributed by atoms with van der Waals surface area (Å²) in [6.45, 7) is 2.54. The molecule has 2 aliphatic heterocycles. The molecule has 4 rings (SSSR count). The van der Waals surface area contributed by atoms with Crippen LogP contribution < -0.4 is 20.7 Å². The summed E-state index contributed by atoms with van der Waals surface area (Å²) in [6.07, 6.45) is 0.524. The molecule has 0 amide bonds. The van der Waals surface area contributed by atoms with Crippen LogP contribution in [0.3, 0.4) is 0 Å². The Hall–Kier alpha value is -2.81. The van der Waals surface area contributed by atoms with Crippen LogP contribution in [0.5, 0.6) is 5.75 Å². The maximum Gasteiger partial charge on any atom is 0.253 e. The first-order valence-corrected chi connectivity index (χ1v) is 9.96. The van der Waals surface area contributed by atoms with Gasteiger partial charge >= 0.3 is 0 Å². The van der Waals surface area contributed by atoms with Gasteiger partial charge in [0.2, 0.25) is 5.95 Å². The zero-order valence-electron chi connectivity index (χ0n) is 16.9. The Morgan fingerprint density at radius 1 is 1.23 bits per heavy atom. The van der Waals surface area contributed by atoms with Gasteiger partial charge in [0, 0.05) is 37.3 Å². The molecule has 0 radical (unpaired) electrons. The number of hydrogen-bond acceptors (Lipinski definition) is 6. The normalized spacial score (nSPS) is 18.5. The molecule has 0 saturated heterocycles. The fourth-order valence-electron chi connectivity index (χ4n) is 3.85. The Kier molecular flexibility index (Phi) is 5.80. The van der Waals surface area contributed by atoms with E-state index in [2.05, 4.69) is 25.9 Å². The van der Waals surface area contributed by atoms with Crippen molar-refractivity contribution in [1.82, 2.24) is 15.3 Å². The molecule has 6 nitrogen and oxygen atoms in total. The first-order valence-electron chi connectivity index (χ1n) is 9.96. The summed E-state index contributed by atoms with van der Waals surface area (Å²) in [4.78, 5) is 8.66. The average molecular weight is 419 g/mol. The van der Waals surface area contributed by atoms with Crippen molar-refractivity contribution in [2.24, 2.45) is 0 Å². The highest BCUT2D eigenvalue weighted by atomic mass is 19.3. The summed E-state index contributed by atoms with van der Waals surface area (Å²) in [5.74, 6) is 0.900. The van der Waals surface area contributed by atoms with Gasteiger partial charge in [-0.1, -0.05) is 6.08 Å². The van der Waals surface area contributed by atoms with Gasteiger partial charge in [0.25, 0.3) is 6.43 Å². The van der Waals surface area contributed by atoms with Gasteiger partial charge in [0.15, 0.2) is 5.82 Å². The van der Waals surface area contributed by atoms with Crippen molar-refractivity contribution in [2.75, 3.05) is 30.8 Å². The van der Waals surface area contributed by atoms with E-state index in [1.165, 1.54) is 0 Å². The number of nitrogens with zero attached hydrogens (tertiary/aromatic N) is 2. The molecule has 1 aromatic heterocycles. The van der Waals surface area contributed by atoms with Gasteiger partial charge in [-0.3, -0.25) is 0 Å². The average Bonchev–Trinajstić information content (AvgIpc) is 3.02. The van der Waals surface area contributed by atoms with Crippen LogP contribution in [0.4, 0.5) is 30.6 Å². The fraction of sp³-hybridized carbons (Fsp3) is 0.429. The summed E-state index contributed by atoms with van der Waals surface area (Å²) in [5, 5.41) is 8.74. The van der Waals surface area contributed by atoms with Crippen molar-refractivity contribution in [3.05, 3.63) is 40.8 Å². The van der Waals surface area contributed by atoms with Crippen molar-refractivity contribution >= 4 is 23.0 Å². The molecule has 0 fully saturated rings. The molecule has 1 aromatic carbocycles. The van der Waals surface area contributed by atoms with Crippen molar-refractivity contribution in [1.29, 1.82) is 0 Å². The minimum Gasteiger partial charge on any atom is -0.492 e. The first kappa shape index (κ1) is 20.5. The number of nitrogens with one attached hydrogen (secondary N) is 3. The summed E-state index contributed by atoms with van der Waals surface area (Å²) < 4.78 is 47.6. The maximum atomic E-state index is 15.6. The van der Waals surface area contributed by atoms with E-state index in [9.17, 15) is 8.78 Å². The second kappa shape index (κ2) is 8.51. The number of hydrogen-bond donors (Lipinski definition) is 3. The quantitative estimate of drug-likeness (QED) is 0.680. The number of fused-ring (bicyclic) bond motifs is 1. The highest BCUT2D eigenvalue weighted by molar-refractivity contribution is 5.78. The van der Waals surface area contributed by atoms with Gasteiger partial charge in [0.05, 0.1) is 23.9 Å². The summed E-state index contributed by atoms with van der Waals surface area (Å²) >= 11 is 0. The highest BCUT2D eigenvalue weighted by Crippen LogP contribution is 2.42. The number of aryl methyl sites for hydroxylation is 1. The largest absolute Gasteiger partial charge is 0.492 e. The molecule has 3 heterocycles. The van der Waals surface area contributed by atoms with Gasteiger partial charge in [-0.25, -0.2) is 18.2 Å². The fourth-order valence-corrected chi connectivity index (χ4v) is 3.85. The molecule has 0 aliphatic carbocycles. The smallest absolute Gasteiger partial charge is 0.253 e. The SMILES string of the molecule is CNc1cc(C)nc(Nc2cc3c(c(C4=CCN[C@@H](C(F)F)CC4)c2F)OCC3)n1. The minimum absolute atomic E-state index is 0.224. The molecule has 0 saturated carbocycles. The molecule has 0 spiro atoms. The number of alkyl halides is 2. The predicted molar refractivity (Wildman–Crippen MR) is 110 cm³/mol. The van der Waals surface area contributed by atoms with E-state index in [1.807, 2.05) is 6.92 Å². The van der Waals surface area contributed by atoms with Crippen LogP contribution in [0.15, 0.2) is 18.2 Å². The van der Waals surface area contributed by atoms with E-state index < -0.39 is 18.3 Å². The lowest BCUT2D eigenvalue weighted by molar-refractivity contribution is 0.0974. The number of allylic oxidation sites excluding steroid dienone is 1. The minimum atomic E-state index is -2.46. The van der Waals surface area contributed by atoms with Crippen LogP contribution in [0.1, 0.15) is 29.7 Å². The van der Waals surface area contributed by atoms with E-state index >= 15 is 4.39 Å². The third-order valence-corrected chi connectivity index (χ3v) is 5.35. The lowest BCUT2D eigenvalue weighted by Gasteiger charge is -2.17. The van der Waals surface area contributed by atoms with Crippen LogP contribution >= 0.6 is 0 Å². The van der Waals surface area contributed by atoms with Gasteiger partial charge in [-0.05, 0) is 31.4 Å². The number of ether oxygens (including phenoxy) is 1. The molecule has 0 bridgehead atoms. The number of aromatic nitrogens is 2. The summed E-state index contributed by atoms with van der Waals surface area (Å²) in [5.41, 5.74) is 2.86. The highest BCUT2D eigenvalue weighted by Gasteiger charge is 2.28. The molecule has 2 aromatic rings. The Balaban J connectivity index is 1.71. The van der Waals surface area contributed by atoms with Gasteiger partial charge < -0.3 is 20.7 Å². The van der Waals surface area contributed by atoms with Crippen LogP contribution in [0.25, 0.3) is 5.57 Å². The zero-order chi connectivity index (χ0) is 21.3. The monoisotopic (exact) mass is 419 g/mol. The van der Waals surface area contributed by atoms with Crippen molar-refractivity contribution < 1.29 is 17.9 Å². The molecular formula is C21H24F3N5O.